The molecule has 0 spiro atoms. The van der Waals surface area contributed by atoms with Crippen molar-refractivity contribution >= 4 is 27.5 Å². The zero-order valence-electron chi connectivity index (χ0n) is 21.2. The summed E-state index contributed by atoms with van der Waals surface area (Å²) in [5, 5.41) is 2.77. The van der Waals surface area contributed by atoms with Crippen LogP contribution in [-0.2, 0) is 26.2 Å². The Kier molecular flexibility index (Phi) is 10.2. The third-order valence-corrected chi connectivity index (χ3v) is 7.18. The highest BCUT2D eigenvalue weighted by molar-refractivity contribution is 7.92. The van der Waals surface area contributed by atoms with E-state index in [1.54, 1.807) is 18.2 Å². The van der Waals surface area contributed by atoms with E-state index in [1.165, 1.54) is 21.3 Å². The molecule has 0 fully saturated rings. The van der Waals surface area contributed by atoms with Crippen LogP contribution < -0.4 is 9.62 Å². The SMILES string of the molecule is CCNC(=O)C(CC)N(Cc1ccc(F)cc1)C(=O)CCCN(c1cccc(C)c1C)S(C)(=O)=O. The Morgan fingerprint density at radius 2 is 1.71 bits per heavy atom. The standard InChI is InChI=1S/C26H36FN3O4S/c1-6-23(26(32)28-7-2)29(18-21-13-15-22(27)16-14-21)25(31)12-9-17-30(35(5,33)34)24-11-8-10-19(3)20(24)4/h8,10-11,13-16,23H,6-7,9,12,17-18H2,1-5H3,(H,28,32). The fourth-order valence-corrected chi connectivity index (χ4v) is 5.00. The Balaban J connectivity index is 2.23. The molecule has 9 heteroatoms. The monoisotopic (exact) mass is 505 g/mol. The lowest BCUT2D eigenvalue weighted by atomic mass is 10.1. The Hall–Kier alpha value is -2.94. The molecule has 2 aromatic rings. The van der Waals surface area contributed by atoms with Gasteiger partial charge >= 0.3 is 0 Å². The number of hydrogen-bond donors (Lipinski definition) is 1. The highest BCUT2D eigenvalue weighted by Gasteiger charge is 2.28. The van der Waals surface area contributed by atoms with Crippen molar-refractivity contribution in [2.45, 2.75) is 59.5 Å². The molecule has 0 saturated heterocycles. The summed E-state index contributed by atoms with van der Waals surface area (Å²) in [6.45, 7) is 8.16. The van der Waals surface area contributed by atoms with Crippen molar-refractivity contribution in [2.24, 2.45) is 0 Å². The van der Waals surface area contributed by atoms with Gasteiger partial charge in [-0.25, -0.2) is 12.8 Å². The molecule has 0 saturated carbocycles. The minimum absolute atomic E-state index is 0.0635. The van der Waals surface area contributed by atoms with Crippen molar-refractivity contribution < 1.29 is 22.4 Å². The molecule has 0 aliphatic heterocycles. The lowest BCUT2D eigenvalue weighted by Gasteiger charge is -2.31. The molecule has 2 rings (SSSR count). The van der Waals surface area contributed by atoms with Crippen LogP contribution in [0.2, 0.25) is 0 Å². The van der Waals surface area contributed by atoms with Crippen LogP contribution in [0.15, 0.2) is 42.5 Å². The highest BCUT2D eigenvalue weighted by Crippen LogP contribution is 2.25. The molecular formula is C26H36FN3O4S. The molecule has 0 heterocycles. The van der Waals surface area contributed by atoms with Crippen molar-refractivity contribution in [1.82, 2.24) is 10.2 Å². The van der Waals surface area contributed by atoms with E-state index in [0.717, 1.165) is 17.4 Å². The average molecular weight is 506 g/mol. The van der Waals surface area contributed by atoms with Crippen LogP contribution in [0.3, 0.4) is 0 Å². The molecule has 1 atom stereocenters. The highest BCUT2D eigenvalue weighted by atomic mass is 32.2. The summed E-state index contributed by atoms with van der Waals surface area (Å²) in [5.41, 5.74) is 3.14. The molecule has 0 aliphatic rings. The molecule has 7 nitrogen and oxygen atoms in total. The fourth-order valence-electron chi connectivity index (χ4n) is 3.99. The number of nitrogens with zero attached hydrogens (tertiary/aromatic N) is 2. The number of carbonyl (C=O) groups excluding carboxylic acids is 2. The predicted molar refractivity (Wildman–Crippen MR) is 137 cm³/mol. The van der Waals surface area contributed by atoms with Crippen molar-refractivity contribution in [3.63, 3.8) is 0 Å². The third kappa shape index (κ3) is 7.78. The van der Waals surface area contributed by atoms with Gasteiger partial charge in [-0.3, -0.25) is 13.9 Å². The molecule has 0 radical (unpaired) electrons. The Bertz CT molecular complexity index is 1120. The first-order chi connectivity index (χ1) is 16.5. The molecule has 192 valence electrons. The normalized spacial score (nSPS) is 12.2. The van der Waals surface area contributed by atoms with Gasteiger partial charge in [0, 0.05) is 26.1 Å². The van der Waals surface area contributed by atoms with Crippen molar-refractivity contribution in [3.8, 4) is 0 Å². The number of rotatable bonds is 12. The number of anilines is 1. The number of aryl methyl sites for hydroxylation is 1. The van der Waals surface area contributed by atoms with Gasteiger partial charge in [0.05, 0.1) is 11.9 Å². The van der Waals surface area contributed by atoms with E-state index in [-0.39, 0.29) is 43.6 Å². The Morgan fingerprint density at radius 3 is 2.29 bits per heavy atom. The number of amides is 2. The molecule has 0 aromatic heterocycles. The summed E-state index contributed by atoms with van der Waals surface area (Å²) < 4.78 is 39.8. The van der Waals surface area contributed by atoms with Crippen LogP contribution in [0.1, 0.15) is 49.8 Å². The predicted octanol–water partition coefficient (Wildman–Crippen LogP) is 3.93. The molecule has 2 amide bonds. The second kappa shape index (κ2) is 12.7. The fraction of sp³-hybridized carbons (Fsp3) is 0.462. The van der Waals surface area contributed by atoms with Crippen molar-refractivity contribution in [1.29, 1.82) is 0 Å². The van der Waals surface area contributed by atoms with Gasteiger partial charge in [0.15, 0.2) is 0 Å². The number of sulfonamides is 1. The third-order valence-electron chi connectivity index (χ3n) is 6.00. The summed E-state index contributed by atoms with van der Waals surface area (Å²) in [6.07, 6.45) is 1.91. The van der Waals surface area contributed by atoms with Crippen LogP contribution in [0.5, 0.6) is 0 Å². The number of likely N-dealkylation sites (N-methyl/N-ethyl adjacent to an activating group) is 1. The second-order valence-electron chi connectivity index (χ2n) is 8.62. The van der Waals surface area contributed by atoms with Crippen LogP contribution in [0, 0.1) is 19.7 Å². The van der Waals surface area contributed by atoms with E-state index in [2.05, 4.69) is 5.32 Å². The van der Waals surface area contributed by atoms with Gasteiger partial charge in [-0.1, -0.05) is 31.2 Å². The van der Waals surface area contributed by atoms with Crippen molar-refractivity contribution in [2.75, 3.05) is 23.7 Å². The first-order valence-corrected chi connectivity index (χ1v) is 13.7. The van der Waals surface area contributed by atoms with Gasteiger partial charge in [-0.2, -0.15) is 0 Å². The molecule has 2 aromatic carbocycles. The quantitative estimate of drug-likeness (QED) is 0.474. The summed E-state index contributed by atoms with van der Waals surface area (Å²) in [6, 6.07) is 10.6. The van der Waals surface area contributed by atoms with Crippen LogP contribution in [0.4, 0.5) is 10.1 Å². The van der Waals surface area contributed by atoms with Gasteiger partial charge in [-0.05, 0) is 68.5 Å². The second-order valence-corrected chi connectivity index (χ2v) is 10.5. The summed E-state index contributed by atoms with van der Waals surface area (Å²) in [4.78, 5) is 27.5. The van der Waals surface area contributed by atoms with E-state index in [1.807, 2.05) is 39.8 Å². The van der Waals surface area contributed by atoms with E-state index in [9.17, 15) is 22.4 Å². The van der Waals surface area contributed by atoms with Crippen LogP contribution in [-0.4, -0.2) is 50.5 Å². The lowest BCUT2D eigenvalue weighted by molar-refractivity contribution is -0.141. The summed E-state index contributed by atoms with van der Waals surface area (Å²) in [5.74, 6) is -0.893. The molecule has 1 unspecified atom stereocenters. The van der Waals surface area contributed by atoms with E-state index in [0.29, 0.717) is 24.2 Å². The maximum atomic E-state index is 13.4. The zero-order valence-corrected chi connectivity index (χ0v) is 22.0. The topological polar surface area (TPSA) is 86.8 Å². The Morgan fingerprint density at radius 1 is 1.06 bits per heavy atom. The number of carbonyl (C=O) groups is 2. The Labute approximate surface area is 208 Å². The number of benzene rings is 2. The minimum Gasteiger partial charge on any atom is -0.355 e. The molecule has 1 N–H and O–H groups in total. The van der Waals surface area contributed by atoms with Gasteiger partial charge in [-0.15, -0.1) is 0 Å². The van der Waals surface area contributed by atoms with Gasteiger partial charge in [0.2, 0.25) is 21.8 Å². The minimum atomic E-state index is -3.56. The first kappa shape index (κ1) is 28.3. The van der Waals surface area contributed by atoms with Crippen LogP contribution in [0.25, 0.3) is 0 Å². The summed E-state index contributed by atoms with van der Waals surface area (Å²) in [7, 11) is -3.56. The number of nitrogens with one attached hydrogen (secondary N) is 1. The maximum Gasteiger partial charge on any atom is 0.242 e. The van der Waals surface area contributed by atoms with Gasteiger partial charge < -0.3 is 10.2 Å². The smallest absolute Gasteiger partial charge is 0.242 e. The number of hydrogen-bond acceptors (Lipinski definition) is 4. The van der Waals surface area contributed by atoms with E-state index >= 15 is 0 Å². The lowest BCUT2D eigenvalue weighted by Crippen LogP contribution is -2.49. The average Bonchev–Trinajstić information content (AvgIpc) is 2.79. The largest absolute Gasteiger partial charge is 0.355 e. The molecule has 0 aliphatic carbocycles. The first-order valence-electron chi connectivity index (χ1n) is 11.8. The zero-order chi connectivity index (χ0) is 26.2. The van der Waals surface area contributed by atoms with E-state index < -0.39 is 16.1 Å². The maximum absolute atomic E-state index is 13.4. The summed E-state index contributed by atoms with van der Waals surface area (Å²) >= 11 is 0. The van der Waals surface area contributed by atoms with Crippen molar-refractivity contribution in [3.05, 3.63) is 65.0 Å². The number of halogens is 1. The van der Waals surface area contributed by atoms with E-state index in [4.69, 9.17) is 0 Å². The molecular weight excluding hydrogens is 469 g/mol. The van der Waals surface area contributed by atoms with Gasteiger partial charge in [0.25, 0.3) is 0 Å². The molecule has 35 heavy (non-hydrogen) atoms. The van der Waals surface area contributed by atoms with Crippen LogP contribution >= 0.6 is 0 Å². The van der Waals surface area contributed by atoms with Gasteiger partial charge in [0.1, 0.15) is 11.9 Å². The molecule has 0 bridgehead atoms.